The Morgan fingerprint density at radius 3 is 3.05 bits per heavy atom. The van der Waals surface area contributed by atoms with Crippen molar-refractivity contribution in [3.8, 4) is 0 Å². The molecule has 7 heteroatoms. The van der Waals surface area contributed by atoms with Crippen LogP contribution < -0.4 is 5.56 Å². The molecule has 0 amide bonds. The van der Waals surface area contributed by atoms with Crippen molar-refractivity contribution in [1.29, 1.82) is 0 Å². The second-order valence-corrected chi connectivity index (χ2v) is 5.21. The summed E-state index contributed by atoms with van der Waals surface area (Å²) in [4.78, 5) is 30.9. The molecule has 0 atom stereocenters. The summed E-state index contributed by atoms with van der Waals surface area (Å²) in [6, 6.07) is 5.64. The normalized spacial score (nSPS) is 11.1. The van der Waals surface area contributed by atoms with Gasteiger partial charge in [0.15, 0.2) is 0 Å². The second-order valence-electron chi connectivity index (χ2n) is 4.29. The van der Waals surface area contributed by atoms with Gasteiger partial charge in [0.2, 0.25) is 0 Å². The van der Waals surface area contributed by atoms with E-state index in [4.69, 9.17) is 0 Å². The average molecular weight is 336 g/mol. The Hall–Kier alpha value is -2.15. The van der Waals surface area contributed by atoms with E-state index in [1.807, 2.05) is 18.2 Å². The molecule has 0 radical (unpaired) electrons. The number of aromatic amines is 1. The summed E-state index contributed by atoms with van der Waals surface area (Å²) in [5, 5.41) is 0.858. The number of carbonyl (C=O) groups excluding carboxylic acids is 1. The van der Waals surface area contributed by atoms with Crippen LogP contribution in [0.4, 0.5) is 0 Å². The zero-order valence-corrected chi connectivity index (χ0v) is 12.1. The molecule has 1 aromatic carbocycles. The first-order chi connectivity index (χ1) is 9.60. The molecule has 3 rings (SSSR count). The van der Waals surface area contributed by atoms with Crippen LogP contribution in [0.15, 0.2) is 33.8 Å². The molecule has 102 valence electrons. The highest BCUT2D eigenvalue weighted by atomic mass is 79.9. The standard InChI is InChI=1S/C13H10BrN3O3/c1-20-10(18)5-17-6-15-11-8-4-7(14)2-3-9(8)16-12(11)13(17)19/h2-4,6,16H,5H2,1H3. The third-order valence-electron chi connectivity index (χ3n) is 3.06. The summed E-state index contributed by atoms with van der Waals surface area (Å²) in [5.41, 5.74) is 1.49. The predicted molar refractivity (Wildman–Crippen MR) is 77.6 cm³/mol. The lowest BCUT2D eigenvalue weighted by molar-refractivity contribution is -0.141. The Labute approximate surface area is 121 Å². The molecule has 0 aliphatic rings. The lowest BCUT2D eigenvalue weighted by atomic mass is 10.2. The zero-order chi connectivity index (χ0) is 14.3. The van der Waals surface area contributed by atoms with Crippen LogP contribution in [0.2, 0.25) is 0 Å². The number of rotatable bonds is 2. The van der Waals surface area contributed by atoms with Crippen LogP contribution in [0.3, 0.4) is 0 Å². The summed E-state index contributed by atoms with van der Waals surface area (Å²) in [7, 11) is 1.28. The number of halogens is 1. The number of ether oxygens (including phenoxy) is 1. The Bertz CT molecular complexity index is 882. The van der Waals surface area contributed by atoms with Crippen molar-refractivity contribution in [2.75, 3.05) is 7.11 Å². The summed E-state index contributed by atoms with van der Waals surface area (Å²) >= 11 is 3.39. The van der Waals surface area contributed by atoms with E-state index in [-0.39, 0.29) is 12.1 Å². The van der Waals surface area contributed by atoms with Crippen LogP contribution in [0, 0.1) is 0 Å². The number of aromatic nitrogens is 3. The maximum Gasteiger partial charge on any atom is 0.325 e. The number of hydrogen-bond donors (Lipinski definition) is 1. The van der Waals surface area contributed by atoms with Crippen LogP contribution in [0.25, 0.3) is 21.9 Å². The van der Waals surface area contributed by atoms with Crippen molar-refractivity contribution >= 4 is 43.8 Å². The van der Waals surface area contributed by atoms with Gasteiger partial charge in [0.05, 0.1) is 13.4 Å². The van der Waals surface area contributed by atoms with Crippen LogP contribution >= 0.6 is 15.9 Å². The van der Waals surface area contributed by atoms with Gasteiger partial charge in [-0.25, -0.2) is 4.98 Å². The molecule has 0 aliphatic carbocycles. The molecule has 0 saturated carbocycles. The highest BCUT2D eigenvalue weighted by molar-refractivity contribution is 9.10. The van der Waals surface area contributed by atoms with Crippen molar-refractivity contribution < 1.29 is 9.53 Å². The molecule has 0 saturated heterocycles. The van der Waals surface area contributed by atoms with Gasteiger partial charge >= 0.3 is 5.97 Å². The van der Waals surface area contributed by atoms with Crippen molar-refractivity contribution in [1.82, 2.24) is 14.5 Å². The molecular weight excluding hydrogens is 326 g/mol. The van der Waals surface area contributed by atoms with Gasteiger partial charge in [0.25, 0.3) is 5.56 Å². The first-order valence-electron chi connectivity index (χ1n) is 5.83. The third kappa shape index (κ3) is 2.00. The molecule has 0 aliphatic heterocycles. The Morgan fingerprint density at radius 2 is 2.30 bits per heavy atom. The summed E-state index contributed by atoms with van der Waals surface area (Å²) < 4.78 is 6.68. The number of benzene rings is 1. The van der Waals surface area contributed by atoms with Crippen molar-refractivity contribution in [3.05, 3.63) is 39.4 Å². The monoisotopic (exact) mass is 335 g/mol. The number of fused-ring (bicyclic) bond motifs is 3. The van der Waals surface area contributed by atoms with Crippen molar-refractivity contribution in [2.45, 2.75) is 6.54 Å². The van der Waals surface area contributed by atoms with Crippen LogP contribution in [-0.4, -0.2) is 27.6 Å². The molecule has 2 heterocycles. The molecule has 1 N–H and O–H groups in total. The van der Waals surface area contributed by atoms with Crippen LogP contribution in [0.1, 0.15) is 0 Å². The molecule has 0 spiro atoms. The molecule has 3 aromatic rings. The number of nitrogens with one attached hydrogen (secondary N) is 1. The molecular formula is C13H10BrN3O3. The van der Waals surface area contributed by atoms with Gasteiger partial charge < -0.3 is 9.72 Å². The molecule has 2 aromatic heterocycles. The lowest BCUT2D eigenvalue weighted by Gasteiger charge is -2.02. The van der Waals surface area contributed by atoms with Crippen molar-refractivity contribution in [3.63, 3.8) is 0 Å². The van der Waals surface area contributed by atoms with E-state index in [1.165, 1.54) is 18.0 Å². The number of methoxy groups -OCH3 is 1. The van der Waals surface area contributed by atoms with E-state index in [1.54, 1.807) is 0 Å². The van der Waals surface area contributed by atoms with Gasteiger partial charge in [-0.15, -0.1) is 0 Å². The average Bonchev–Trinajstić information content (AvgIpc) is 2.80. The van der Waals surface area contributed by atoms with E-state index in [0.29, 0.717) is 11.0 Å². The molecule has 0 bridgehead atoms. The number of H-pyrrole nitrogens is 1. The maximum absolute atomic E-state index is 12.3. The lowest BCUT2D eigenvalue weighted by Crippen LogP contribution is -2.25. The zero-order valence-electron chi connectivity index (χ0n) is 10.5. The van der Waals surface area contributed by atoms with Gasteiger partial charge in [-0.05, 0) is 18.2 Å². The fourth-order valence-electron chi connectivity index (χ4n) is 2.08. The fraction of sp³-hybridized carbons (Fsp3) is 0.154. The highest BCUT2D eigenvalue weighted by Gasteiger charge is 2.12. The summed E-state index contributed by atoms with van der Waals surface area (Å²) in [5.74, 6) is -0.493. The number of hydrogen-bond acceptors (Lipinski definition) is 4. The van der Waals surface area contributed by atoms with Crippen LogP contribution in [0.5, 0.6) is 0 Å². The third-order valence-corrected chi connectivity index (χ3v) is 3.55. The topological polar surface area (TPSA) is 77.0 Å². The number of carbonyl (C=O) groups is 1. The van der Waals surface area contributed by atoms with Gasteiger partial charge in [-0.2, -0.15) is 0 Å². The number of esters is 1. The second kappa shape index (κ2) is 4.75. The Balaban J connectivity index is 2.25. The number of nitrogens with zero attached hydrogens (tertiary/aromatic N) is 2. The molecule has 0 fully saturated rings. The smallest absolute Gasteiger partial charge is 0.325 e. The molecule has 20 heavy (non-hydrogen) atoms. The van der Waals surface area contributed by atoms with E-state index in [9.17, 15) is 9.59 Å². The minimum atomic E-state index is -0.493. The summed E-state index contributed by atoms with van der Waals surface area (Å²) in [6.45, 7) is -0.155. The highest BCUT2D eigenvalue weighted by Crippen LogP contribution is 2.24. The first-order valence-corrected chi connectivity index (χ1v) is 6.62. The quantitative estimate of drug-likeness (QED) is 0.724. The van der Waals surface area contributed by atoms with Gasteiger partial charge in [0, 0.05) is 15.4 Å². The minimum Gasteiger partial charge on any atom is -0.468 e. The first kappa shape index (κ1) is 12.9. The molecule has 6 nitrogen and oxygen atoms in total. The minimum absolute atomic E-state index is 0.155. The van der Waals surface area contributed by atoms with Crippen molar-refractivity contribution in [2.24, 2.45) is 0 Å². The van der Waals surface area contributed by atoms with E-state index >= 15 is 0 Å². The Morgan fingerprint density at radius 1 is 1.50 bits per heavy atom. The maximum atomic E-state index is 12.3. The summed E-state index contributed by atoms with van der Waals surface area (Å²) in [6.07, 6.45) is 1.36. The fourth-order valence-corrected chi connectivity index (χ4v) is 2.44. The molecule has 0 unspecified atom stereocenters. The van der Waals surface area contributed by atoms with Crippen LogP contribution in [-0.2, 0) is 16.1 Å². The van der Waals surface area contributed by atoms with E-state index < -0.39 is 5.97 Å². The van der Waals surface area contributed by atoms with Gasteiger partial charge in [-0.3, -0.25) is 14.2 Å². The van der Waals surface area contributed by atoms with E-state index in [0.717, 1.165) is 15.4 Å². The van der Waals surface area contributed by atoms with Gasteiger partial charge in [0.1, 0.15) is 17.6 Å². The van der Waals surface area contributed by atoms with Gasteiger partial charge in [-0.1, -0.05) is 15.9 Å². The van der Waals surface area contributed by atoms with E-state index in [2.05, 4.69) is 30.6 Å². The Kier molecular flexibility index (Phi) is 3.06. The SMILES string of the molecule is COC(=O)Cn1cnc2c([nH]c3ccc(Br)cc32)c1=O. The predicted octanol–water partition coefficient (Wildman–Crippen LogP) is 1.81. The largest absolute Gasteiger partial charge is 0.468 e.